The Balaban J connectivity index is 2.18. The van der Waals surface area contributed by atoms with E-state index in [1.165, 1.54) is 22.8 Å². The normalized spacial score (nSPS) is 25.6. The first kappa shape index (κ1) is 15.4. The van der Waals surface area contributed by atoms with Crippen LogP contribution < -0.4 is 0 Å². The molecule has 2 aliphatic heterocycles. The Labute approximate surface area is 123 Å². The lowest BCUT2D eigenvalue weighted by Gasteiger charge is -2.23. The molecule has 2 aliphatic rings. The Morgan fingerprint density at radius 3 is 2.48 bits per heavy atom. The summed E-state index contributed by atoms with van der Waals surface area (Å²) in [4.78, 5) is 50.5. The number of amides is 3. The molecular formula is C15H20N2O4. The van der Waals surface area contributed by atoms with Crippen molar-refractivity contribution < 1.29 is 19.2 Å². The fraction of sp³-hybridized carbons (Fsp3) is 0.600. The first-order valence-corrected chi connectivity index (χ1v) is 7.22. The van der Waals surface area contributed by atoms with Crippen molar-refractivity contribution in [3.63, 3.8) is 0 Å². The van der Waals surface area contributed by atoms with Crippen molar-refractivity contribution in [2.45, 2.75) is 52.1 Å². The van der Waals surface area contributed by atoms with Gasteiger partial charge in [0.15, 0.2) is 5.78 Å². The summed E-state index contributed by atoms with van der Waals surface area (Å²) in [6.07, 6.45) is 2.72. The van der Waals surface area contributed by atoms with Crippen LogP contribution in [0.25, 0.3) is 0 Å². The maximum atomic E-state index is 12.1. The van der Waals surface area contributed by atoms with Crippen LogP contribution in [0.5, 0.6) is 0 Å². The van der Waals surface area contributed by atoms with E-state index in [4.69, 9.17) is 0 Å². The summed E-state index contributed by atoms with van der Waals surface area (Å²) < 4.78 is 0. The van der Waals surface area contributed by atoms with E-state index in [1.807, 2.05) is 6.92 Å². The maximum Gasteiger partial charge on any atom is 0.256 e. The van der Waals surface area contributed by atoms with E-state index in [9.17, 15) is 19.2 Å². The molecule has 1 fully saturated rings. The van der Waals surface area contributed by atoms with E-state index in [2.05, 4.69) is 0 Å². The topological polar surface area (TPSA) is 74.8 Å². The van der Waals surface area contributed by atoms with E-state index in [0.717, 1.165) is 0 Å². The molecule has 2 rings (SSSR count). The van der Waals surface area contributed by atoms with Gasteiger partial charge in [-0.05, 0) is 26.7 Å². The van der Waals surface area contributed by atoms with E-state index >= 15 is 0 Å². The highest BCUT2D eigenvalue weighted by molar-refractivity contribution is 6.16. The van der Waals surface area contributed by atoms with E-state index in [1.54, 1.807) is 6.92 Å². The minimum absolute atomic E-state index is 0.0935. The zero-order valence-corrected chi connectivity index (χ0v) is 12.6. The van der Waals surface area contributed by atoms with Crippen molar-refractivity contribution in [2.24, 2.45) is 0 Å². The van der Waals surface area contributed by atoms with Crippen molar-refractivity contribution in [1.82, 2.24) is 9.80 Å². The molecule has 0 aromatic rings. The molecule has 0 unspecified atom stereocenters. The minimum Gasteiger partial charge on any atom is -0.331 e. The maximum absolute atomic E-state index is 12.1. The Morgan fingerprint density at radius 2 is 2.00 bits per heavy atom. The predicted molar refractivity (Wildman–Crippen MR) is 75.1 cm³/mol. The predicted octanol–water partition coefficient (Wildman–Crippen LogP) is 0.660. The lowest BCUT2D eigenvalue weighted by molar-refractivity contribution is -0.140. The lowest BCUT2D eigenvalue weighted by Crippen LogP contribution is -2.43. The summed E-state index contributed by atoms with van der Waals surface area (Å²) in [5.41, 5.74) is 0.401. The summed E-state index contributed by atoms with van der Waals surface area (Å²) in [5, 5.41) is 0. The molecule has 0 N–H and O–H groups in total. The largest absolute Gasteiger partial charge is 0.331 e. The minimum atomic E-state index is -0.532. The Hall–Kier alpha value is -1.98. The second-order valence-corrected chi connectivity index (χ2v) is 5.65. The van der Waals surface area contributed by atoms with Gasteiger partial charge in [-0.2, -0.15) is 0 Å². The van der Waals surface area contributed by atoms with Crippen LogP contribution in [0, 0.1) is 0 Å². The molecule has 6 heteroatoms. The standard InChI is InChI=1S/C15H20N2O4/c1-4-5-13(19)16-8-11(7-12(16)10(3)18)17-14(20)6-9(2)15(17)21/h6,11-12H,4-5,7-8H2,1-3H3/t11-,12-/m0/s1. The molecule has 2 heterocycles. The van der Waals surface area contributed by atoms with E-state index in [0.29, 0.717) is 24.8 Å². The molecule has 114 valence electrons. The van der Waals surface area contributed by atoms with Crippen molar-refractivity contribution in [3.8, 4) is 0 Å². The molecule has 6 nitrogen and oxygen atoms in total. The zero-order chi connectivity index (χ0) is 15.7. The van der Waals surface area contributed by atoms with Crippen LogP contribution in [0.2, 0.25) is 0 Å². The van der Waals surface area contributed by atoms with Crippen LogP contribution in [0.3, 0.4) is 0 Å². The van der Waals surface area contributed by atoms with Gasteiger partial charge in [-0.1, -0.05) is 6.92 Å². The van der Waals surface area contributed by atoms with Crippen LogP contribution in [-0.2, 0) is 19.2 Å². The lowest BCUT2D eigenvalue weighted by atomic mass is 10.1. The van der Waals surface area contributed by atoms with Gasteiger partial charge in [-0.25, -0.2) is 0 Å². The van der Waals surface area contributed by atoms with Crippen molar-refractivity contribution in [2.75, 3.05) is 6.54 Å². The summed E-state index contributed by atoms with van der Waals surface area (Å²) in [6.45, 7) is 5.19. The summed E-state index contributed by atoms with van der Waals surface area (Å²) in [6, 6.07) is -0.941. The third kappa shape index (κ3) is 2.75. The van der Waals surface area contributed by atoms with Crippen molar-refractivity contribution >= 4 is 23.5 Å². The number of carbonyl (C=O) groups excluding carboxylic acids is 4. The molecule has 0 aromatic carbocycles. The molecule has 1 saturated heterocycles. The SMILES string of the molecule is CCCC(=O)N1C[C@@H](N2C(=O)C=C(C)C2=O)C[C@H]1C(C)=O. The van der Waals surface area contributed by atoms with E-state index < -0.39 is 12.1 Å². The highest BCUT2D eigenvalue weighted by Crippen LogP contribution is 2.27. The van der Waals surface area contributed by atoms with Gasteiger partial charge in [0, 0.05) is 24.6 Å². The van der Waals surface area contributed by atoms with E-state index in [-0.39, 0.29) is 30.0 Å². The second kappa shape index (κ2) is 5.79. The number of ketones is 1. The van der Waals surface area contributed by atoms with Crippen molar-refractivity contribution in [3.05, 3.63) is 11.6 Å². The molecule has 0 aliphatic carbocycles. The molecular weight excluding hydrogens is 272 g/mol. The first-order valence-electron chi connectivity index (χ1n) is 7.22. The van der Waals surface area contributed by atoms with Crippen LogP contribution in [0.4, 0.5) is 0 Å². The molecule has 0 aromatic heterocycles. The average molecular weight is 292 g/mol. The van der Waals surface area contributed by atoms with Gasteiger partial charge in [0.25, 0.3) is 11.8 Å². The number of likely N-dealkylation sites (tertiary alicyclic amines) is 1. The molecule has 3 amide bonds. The highest BCUT2D eigenvalue weighted by Gasteiger charge is 2.44. The van der Waals surface area contributed by atoms with Crippen LogP contribution in [0.1, 0.15) is 40.0 Å². The van der Waals surface area contributed by atoms with Gasteiger partial charge in [-0.15, -0.1) is 0 Å². The number of nitrogens with zero attached hydrogens (tertiary/aromatic N) is 2. The fourth-order valence-electron chi connectivity index (χ4n) is 2.97. The molecule has 0 saturated carbocycles. The summed E-state index contributed by atoms with van der Waals surface area (Å²) in [5.74, 6) is -0.874. The zero-order valence-electron chi connectivity index (χ0n) is 12.6. The number of hydrogen-bond acceptors (Lipinski definition) is 4. The third-order valence-corrected chi connectivity index (χ3v) is 4.03. The van der Waals surface area contributed by atoms with Gasteiger partial charge in [0.1, 0.15) is 0 Å². The Morgan fingerprint density at radius 1 is 1.33 bits per heavy atom. The number of imide groups is 1. The molecule has 0 spiro atoms. The molecule has 2 atom stereocenters. The quantitative estimate of drug-likeness (QED) is 0.713. The summed E-state index contributed by atoms with van der Waals surface area (Å²) >= 11 is 0. The smallest absolute Gasteiger partial charge is 0.256 e. The summed E-state index contributed by atoms with van der Waals surface area (Å²) in [7, 11) is 0. The second-order valence-electron chi connectivity index (χ2n) is 5.65. The Kier molecular flexibility index (Phi) is 4.25. The first-order chi connectivity index (χ1) is 9.86. The van der Waals surface area contributed by atoms with Gasteiger partial charge in [0.2, 0.25) is 5.91 Å². The van der Waals surface area contributed by atoms with Gasteiger partial charge < -0.3 is 4.90 Å². The Bertz CT molecular complexity index is 538. The highest BCUT2D eigenvalue weighted by atomic mass is 16.2. The molecule has 0 bridgehead atoms. The average Bonchev–Trinajstić information content (AvgIpc) is 2.93. The monoisotopic (exact) mass is 292 g/mol. The van der Waals surface area contributed by atoms with Gasteiger partial charge in [-0.3, -0.25) is 24.1 Å². The van der Waals surface area contributed by atoms with Crippen LogP contribution >= 0.6 is 0 Å². The van der Waals surface area contributed by atoms with Gasteiger partial charge >= 0.3 is 0 Å². The van der Waals surface area contributed by atoms with Crippen LogP contribution in [-0.4, -0.2) is 51.9 Å². The number of hydrogen-bond donors (Lipinski definition) is 0. The number of carbonyl (C=O) groups is 4. The molecule has 0 radical (unpaired) electrons. The number of Topliss-reactive ketones (excluding diaryl/α,β-unsaturated/α-hetero) is 1. The molecule has 21 heavy (non-hydrogen) atoms. The van der Waals surface area contributed by atoms with Crippen LogP contribution in [0.15, 0.2) is 11.6 Å². The van der Waals surface area contributed by atoms with Gasteiger partial charge in [0.05, 0.1) is 12.1 Å². The number of rotatable bonds is 4. The van der Waals surface area contributed by atoms with Crippen molar-refractivity contribution in [1.29, 1.82) is 0 Å². The third-order valence-electron chi connectivity index (χ3n) is 4.03. The fourth-order valence-corrected chi connectivity index (χ4v) is 2.97.